The van der Waals surface area contributed by atoms with Gasteiger partial charge in [-0.3, -0.25) is 4.99 Å². The van der Waals surface area contributed by atoms with E-state index in [1.807, 2.05) is 49.4 Å². The molecular formula is C19H27IN4O2S. The highest BCUT2D eigenvalue weighted by Gasteiger charge is 2.10. The van der Waals surface area contributed by atoms with Crippen LogP contribution in [-0.2, 0) is 23.1 Å². The van der Waals surface area contributed by atoms with Crippen LogP contribution in [0.2, 0.25) is 0 Å². The Hall–Kier alpha value is -1.65. The largest absolute Gasteiger partial charge is 0.355 e. The molecule has 0 unspecified atom stereocenters. The van der Waals surface area contributed by atoms with Crippen molar-refractivity contribution in [1.82, 2.24) is 15.4 Å². The molecule has 0 spiro atoms. The molecule has 0 saturated heterocycles. The minimum absolute atomic E-state index is 0. The topological polar surface area (TPSA) is 82.6 Å². The third kappa shape index (κ3) is 9.21. The van der Waals surface area contributed by atoms with Gasteiger partial charge >= 0.3 is 0 Å². The van der Waals surface area contributed by atoms with Gasteiger partial charge in [-0.1, -0.05) is 60.2 Å². The Labute approximate surface area is 178 Å². The number of rotatable bonds is 8. The molecule has 0 fully saturated rings. The number of guanidine groups is 1. The van der Waals surface area contributed by atoms with E-state index in [0.29, 0.717) is 19.0 Å². The van der Waals surface area contributed by atoms with Gasteiger partial charge in [-0.2, -0.15) is 0 Å². The number of aliphatic imine (C=N–C) groups is 1. The summed E-state index contributed by atoms with van der Waals surface area (Å²) in [6.45, 7) is 3.24. The Morgan fingerprint density at radius 1 is 0.926 bits per heavy atom. The summed E-state index contributed by atoms with van der Waals surface area (Å²) in [7, 11) is -1.69. The van der Waals surface area contributed by atoms with Gasteiger partial charge in [0.25, 0.3) is 0 Å². The summed E-state index contributed by atoms with van der Waals surface area (Å²) < 4.78 is 26.7. The van der Waals surface area contributed by atoms with Gasteiger partial charge in [0, 0.05) is 26.7 Å². The summed E-state index contributed by atoms with van der Waals surface area (Å²) in [4.78, 5) is 4.11. The van der Waals surface area contributed by atoms with Crippen molar-refractivity contribution in [2.24, 2.45) is 4.99 Å². The highest BCUT2D eigenvalue weighted by Crippen LogP contribution is 2.02. The molecule has 148 valence electrons. The lowest BCUT2D eigenvalue weighted by molar-refractivity contribution is 0.580. The van der Waals surface area contributed by atoms with E-state index >= 15 is 0 Å². The third-order valence-electron chi connectivity index (χ3n) is 3.81. The Morgan fingerprint density at radius 2 is 1.56 bits per heavy atom. The average Bonchev–Trinajstić information content (AvgIpc) is 2.65. The van der Waals surface area contributed by atoms with Crippen LogP contribution in [0, 0.1) is 6.92 Å². The second kappa shape index (κ2) is 11.9. The number of hydrogen-bond acceptors (Lipinski definition) is 3. The maximum Gasteiger partial charge on any atom is 0.213 e. The standard InChI is InChI=1S/C19H26N4O2S.HI/c1-16-8-10-18(11-9-16)14-22-19(20-2)21-12-13-26(24,25)23-15-17-6-4-3-5-7-17;/h3-11,23H,12-15H2,1-2H3,(H2,20,21,22);1H. The number of sulfonamides is 1. The number of aryl methyl sites for hydroxylation is 1. The highest BCUT2D eigenvalue weighted by molar-refractivity contribution is 14.0. The zero-order valence-corrected chi connectivity index (χ0v) is 18.8. The van der Waals surface area contributed by atoms with Crippen LogP contribution in [-0.4, -0.2) is 33.7 Å². The van der Waals surface area contributed by atoms with Gasteiger partial charge in [0.15, 0.2) is 5.96 Å². The summed E-state index contributed by atoms with van der Waals surface area (Å²) in [5, 5.41) is 6.20. The van der Waals surface area contributed by atoms with Crippen molar-refractivity contribution in [1.29, 1.82) is 0 Å². The molecule has 0 aliphatic heterocycles. The fourth-order valence-corrected chi connectivity index (χ4v) is 3.18. The Morgan fingerprint density at radius 3 is 2.19 bits per heavy atom. The predicted octanol–water partition coefficient (Wildman–Crippen LogP) is 2.40. The summed E-state index contributed by atoms with van der Waals surface area (Å²) in [6, 6.07) is 17.6. The van der Waals surface area contributed by atoms with Crippen LogP contribution in [0.4, 0.5) is 0 Å². The highest BCUT2D eigenvalue weighted by atomic mass is 127. The number of halogens is 1. The predicted molar refractivity (Wildman–Crippen MR) is 122 cm³/mol. The van der Waals surface area contributed by atoms with E-state index in [9.17, 15) is 8.42 Å². The van der Waals surface area contributed by atoms with E-state index in [0.717, 1.165) is 11.1 Å². The Bertz CT molecular complexity index is 809. The van der Waals surface area contributed by atoms with Crippen molar-refractivity contribution in [2.75, 3.05) is 19.3 Å². The van der Waals surface area contributed by atoms with Crippen LogP contribution in [0.3, 0.4) is 0 Å². The van der Waals surface area contributed by atoms with Gasteiger partial charge in [-0.25, -0.2) is 13.1 Å². The molecule has 0 aromatic heterocycles. The molecule has 0 radical (unpaired) electrons. The quantitative estimate of drug-likeness (QED) is 0.294. The van der Waals surface area contributed by atoms with Crippen LogP contribution in [0.5, 0.6) is 0 Å². The molecule has 3 N–H and O–H groups in total. The average molecular weight is 502 g/mol. The Balaban J connectivity index is 0.00000364. The first kappa shape index (κ1) is 23.4. The van der Waals surface area contributed by atoms with E-state index in [2.05, 4.69) is 32.5 Å². The van der Waals surface area contributed by atoms with Crippen LogP contribution >= 0.6 is 24.0 Å². The van der Waals surface area contributed by atoms with Crippen LogP contribution < -0.4 is 15.4 Å². The van der Waals surface area contributed by atoms with Gasteiger partial charge in [-0.15, -0.1) is 24.0 Å². The van der Waals surface area contributed by atoms with E-state index < -0.39 is 10.0 Å². The molecule has 0 amide bonds. The zero-order chi connectivity index (χ0) is 18.8. The molecule has 0 atom stereocenters. The summed E-state index contributed by atoms with van der Waals surface area (Å²) in [6.07, 6.45) is 0. The summed E-state index contributed by atoms with van der Waals surface area (Å²) >= 11 is 0. The minimum atomic E-state index is -3.35. The monoisotopic (exact) mass is 502 g/mol. The fourth-order valence-electron chi connectivity index (χ4n) is 2.28. The molecule has 0 aliphatic rings. The molecule has 2 rings (SSSR count). The van der Waals surface area contributed by atoms with E-state index in [1.54, 1.807) is 7.05 Å². The molecule has 27 heavy (non-hydrogen) atoms. The lowest BCUT2D eigenvalue weighted by atomic mass is 10.1. The molecule has 6 nitrogen and oxygen atoms in total. The molecule has 2 aromatic rings. The van der Waals surface area contributed by atoms with E-state index in [1.165, 1.54) is 5.56 Å². The fraction of sp³-hybridized carbons (Fsp3) is 0.316. The normalized spacial score (nSPS) is 11.6. The number of nitrogens with zero attached hydrogens (tertiary/aromatic N) is 1. The second-order valence-corrected chi connectivity index (χ2v) is 7.89. The lowest BCUT2D eigenvalue weighted by Gasteiger charge is -2.12. The van der Waals surface area contributed by atoms with Crippen molar-refractivity contribution in [3.63, 3.8) is 0 Å². The summed E-state index contributed by atoms with van der Waals surface area (Å²) in [5.74, 6) is 0.550. The third-order valence-corrected chi connectivity index (χ3v) is 5.13. The maximum absolute atomic E-state index is 12.1. The lowest BCUT2D eigenvalue weighted by Crippen LogP contribution is -2.40. The molecule has 0 bridgehead atoms. The molecular weight excluding hydrogens is 475 g/mol. The van der Waals surface area contributed by atoms with Gasteiger partial charge in [-0.05, 0) is 18.1 Å². The minimum Gasteiger partial charge on any atom is -0.355 e. The Kier molecular flexibility index (Phi) is 10.3. The molecule has 2 aromatic carbocycles. The second-order valence-electron chi connectivity index (χ2n) is 5.96. The van der Waals surface area contributed by atoms with Crippen molar-refractivity contribution in [3.8, 4) is 0 Å². The van der Waals surface area contributed by atoms with Gasteiger partial charge in [0.05, 0.1) is 5.75 Å². The smallest absolute Gasteiger partial charge is 0.213 e. The zero-order valence-electron chi connectivity index (χ0n) is 15.6. The van der Waals surface area contributed by atoms with Crippen LogP contribution in [0.15, 0.2) is 59.6 Å². The SMILES string of the molecule is CN=C(NCCS(=O)(=O)NCc1ccccc1)NCc1ccc(C)cc1.I. The van der Waals surface area contributed by atoms with Crippen molar-refractivity contribution < 1.29 is 8.42 Å². The number of nitrogens with one attached hydrogen (secondary N) is 3. The van der Waals surface area contributed by atoms with Gasteiger partial charge in [0.1, 0.15) is 0 Å². The van der Waals surface area contributed by atoms with E-state index in [-0.39, 0.29) is 36.3 Å². The number of hydrogen-bond donors (Lipinski definition) is 3. The maximum atomic E-state index is 12.1. The molecule has 8 heteroatoms. The molecule has 0 heterocycles. The molecule has 0 aliphatic carbocycles. The van der Waals surface area contributed by atoms with Crippen LogP contribution in [0.25, 0.3) is 0 Å². The van der Waals surface area contributed by atoms with Crippen molar-refractivity contribution >= 4 is 40.0 Å². The first-order valence-corrected chi connectivity index (χ1v) is 10.1. The van der Waals surface area contributed by atoms with Crippen LogP contribution in [0.1, 0.15) is 16.7 Å². The van der Waals surface area contributed by atoms with Gasteiger partial charge in [0.2, 0.25) is 10.0 Å². The van der Waals surface area contributed by atoms with E-state index in [4.69, 9.17) is 0 Å². The summed E-state index contributed by atoms with van der Waals surface area (Å²) in [5.41, 5.74) is 3.28. The van der Waals surface area contributed by atoms with Crippen molar-refractivity contribution in [3.05, 3.63) is 71.3 Å². The number of benzene rings is 2. The molecule has 0 saturated carbocycles. The van der Waals surface area contributed by atoms with Gasteiger partial charge < -0.3 is 10.6 Å². The van der Waals surface area contributed by atoms with Crippen molar-refractivity contribution in [2.45, 2.75) is 20.0 Å². The first-order chi connectivity index (χ1) is 12.5. The first-order valence-electron chi connectivity index (χ1n) is 8.50.